The highest BCUT2D eigenvalue weighted by molar-refractivity contribution is 6.00. The van der Waals surface area contributed by atoms with E-state index in [1.165, 1.54) is 0 Å². The summed E-state index contributed by atoms with van der Waals surface area (Å²) in [5, 5.41) is 14.4. The minimum absolute atomic E-state index is 0.0668. The first-order valence-electron chi connectivity index (χ1n) is 9.29. The number of fused-ring (bicyclic) bond motifs is 1. The molecule has 2 aliphatic rings. The molecule has 9 nitrogen and oxygen atoms in total. The van der Waals surface area contributed by atoms with E-state index in [-0.39, 0.29) is 11.2 Å². The predicted molar refractivity (Wildman–Crippen MR) is 105 cm³/mol. The number of hydrogen-bond donors (Lipinski definition) is 2. The van der Waals surface area contributed by atoms with Crippen LogP contribution in [0.5, 0.6) is 17.2 Å². The van der Waals surface area contributed by atoms with Gasteiger partial charge in [0.25, 0.3) is 0 Å². The molecule has 0 bridgehead atoms. The van der Waals surface area contributed by atoms with Gasteiger partial charge in [-0.1, -0.05) is 13.8 Å². The van der Waals surface area contributed by atoms with E-state index in [1.54, 1.807) is 21.3 Å². The number of aromatic nitrogens is 2. The van der Waals surface area contributed by atoms with Gasteiger partial charge in [0.1, 0.15) is 0 Å². The maximum Gasteiger partial charge on any atom is 0.219 e. The van der Waals surface area contributed by atoms with Crippen molar-refractivity contribution in [3.63, 3.8) is 0 Å². The molecule has 2 aromatic rings. The van der Waals surface area contributed by atoms with Crippen LogP contribution in [0.3, 0.4) is 0 Å². The highest BCUT2D eigenvalue weighted by Gasteiger charge is 2.40. The second-order valence-corrected chi connectivity index (χ2v) is 7.96. The Labute approximate surface area is 168 Å². The molecule has 154 valence electrons. The topological polar surface area (TPSA) is 108 Å². The molecule has 1 aliphatic heterocycles. The Balaban J connectivity index is 1.90. The second-order valence-electron chi connectivity index (χ2n) is 7.96. The molecule has 2 heterocycles. The van der Waals surface area contributed by atoms with Gasteiger partial charge in [-0.2, -0.15) is 0 Å². The minimum Gasteiger partial charge on any atom is -0.493 e. The third-order valence-electron chi connectivity index (χ3n) is 5.27. The fourth-order valence-electron chi connectivity index (χ4n) is 4.02. The second kappa shape index (κ2) is 6.98. The highest BCUT2D eigenvalue weighted by Crippen LogP contribution is 2.47. The molecular formula is C20H24N4O5. The van der Waals surface area contributed by atoms with Gasteiger partial charge in [0, 0.05) is 17.7 Å². The van der Waals surface area contributed by atoms with Crippen molar-refractivity contribution in [3.8, 4) is 17.2 Å². The number of rotatable bonds is 4. The number of nitrogens with one attached hydrogen (secondary N) is 2. The molecule has 4 rings (SSSR count). The van der Waals surface area contributed by atoms with E-state index >= 15 is 0 Å². The number of Topliss-reactive ketones (excluding diaryl/α,β-unsaturated/α-hetero) is 1. The first kappa shape index (κ1) is 19.1. The van der Waals surface area contributed by atoms with Crippen molar-refractivity contribution in [2.75, 3.05) is 32.0 Å². The van der Waals surface area contributed by atoms with Crippen molar-refractivity contribution >= 4 is 17.4 Å². The molecule has 1 aromatic carbocycles. The van der Waals surface area contributed by atoms with Gasteiger partial charge in [0.05, 0.1) is 27.4 Å². The minimum atomic E-state index is -0.483. The molecule has 0 amide bonds. The van der Waals surface area contributed by atoms with Crippen LogP contribution in [0.25, 0.3) is 0 Å². The van der Waals surface area contributed by atoms with Crippen molar-refractivity contribution in [3.05, 3.63) is 29.0 Å². The average molecular weight is 400 g/mol. The molecule has 9 heteroatoms. The Hall–Kier alpha value is -3.23. The maximum atomic E-state index is 13.2. The smallest absolute Gasteiger partial charge is 0.219 e. The Morgan fingerprint density at radius 1 is 1.03 bits per heavy atom. The van der Waals surface area contributed by atoms with Gasteiger partial charge in [0.15, 0.2) is 17.3 Å². The number of anilines is 2. The van der Waals surface area contributed by atoms with Crippen LogP contribution in [-0.4, -0.2) is 37.4 Å². The van der Waals surface area contributed by atoms with Crippen LogP contribution >= 0.6 is 0 Å². The van der Waals surface area contributed by atoms with Gasteiger partial charge in [0.2, 0.25) is 17.4 Å². The molecule has 0 saturated heterocycles. The molecule has 29 heavy (non-hydrogen) atoms. The van der Waals surface area contributed by atoms with E-state index in [1.807, 2.05) is 12.1 Å². The van der Waals surface area contributed by atoms with Gasteiger partial charge in [-0.15, -0.1) is 0 Å². The molecule has 1 aromatic heterocycles. The van der Waals surface area contributed by atoms with Crippen molar-refractivity contribution < 1.29 is 23.6 Å². The van der Waals surface area contributed by atoms with Crippen LogP contribution in [-0.2, 0) is 4.79 Å². The van der Waals surface area contributed by atoms with Crippen molar-refractivity contribution in [2.24, 2.45) is 5.41 Å². The summed E-state index contributed by atoms with van der Waals surface area (Å²) in [6.07, 6.45) is 1.15. The SMILES string of the molecule is COc1cc([C@H]2Nc3nonc3NC3=C2C(=O)CC(C)(C)C3)cc(OC)c1OC. The lowest BCUT2D eigenvalue weighted by atomic mass is 9.73. The number of ketones is 1. The molecular weight excluding hydrogens is 376 g/mol. The van der Waals surface area contributed by atoms with Crippen LogP contribution in [0, 0.1) is 5.41 Å². The number of methoxy groups -OCH3 is 3. The molecule has 2 N–H and O–H groups in total. The third kappa shape index (κ3) is 3.26. The molecule has 0 radical (unpaired) electrons. The van der Waals surface area contributed by atoms with Crippen LogP contribution in [0.1, 0.15) is 38.3 Å². The maximum absolute atomic E-state index is 13.2. The van der Waals surface area contributed by atoms with Gasteiger partial charge in [-0.05, 0) is 39.8 Å². The molecule has 0 fully saturated rings. The molecule has 0 spiro atoms. The van der Waals surface area contributed by atoms with E-state index < -0.39 is 6.04 Å². The zero-order valence-electron chi connectivity index (χ0n) is 17.1. The highest BCUT2D eigenvalue weighted by atomic mass is 16.6. The normalized spacial score (nSPS) is 20.0. The molecule has 0 unspecified atom stereocenters. The summed E-state index contributed by atoms with van der Waals surface area (Å²) in [6, 6.07) is 3.17. The van der Waals surface area contributed by atoms with Crippen molar-refractivity contribution in [2.45, 2.75) is 32.7 Å². The van der Waals surface area contributed by atoms with Gasteiger partial charge in [-0.3, -0.25) is 4.79 Å². The van der Waals surface area contributed by atoms with Crippen LogP contribution in [0.4, 0.5) is 11.6 Å². The van der Waals surface area contributed by atoms with Gasteiger partial charge < -0.3 is 24.8 Å². The largest absolute Gasteiger partial charge is 0.493 e. The van der Waals surface area contributed by atoms with E-state index in [4.69, 9.17) is 18.8 Å². The standard InChI is InChI=1S/C20H24N4O5/c1-20(2)8-11-15(12(25)9-20)16(22-19-18(21-11)23-29-24-19)10-6-13(26-3)17(28-5)14(7-10)27-4/h6-7,16H,8-9H2,1-5H3,(H,21,23)(H,22,24)/t16-/m1/s1. The number of ether oxygens (including phenoxy) is 3. The summed E-state index contributed by atoms with van der Waals surface area (Å²) in [4.78, 5) is 13.2. The Bertz CT molecular complexity index is 970. The monoisotopic (exact) mass is 400 g/mol. The quantitative estimate of drug-likeness (QED) is 0.799. The summed E-state index contributed by atoms with van der Waals surface area (Å²) in [7, 11) is 4.66. The van der Waals surface area contributed by atoms with Crippen molar-refractivity contribution in [1.29, 1.82) is 0 Å². The Morgan fingerprint density at radius 3 is 2.31 bits per heavy atom. The Kier molecular flexibility index (Phi) is 4.60. The number of nitrogens with zero attached hydrogens (tertiary/aromatic N) is 2. The number of benzene rings is 1. The lowest BCUT2D eigenvalue weighted by Crippen LogP contribution is -2.31. The number of allylic oxidation sites excluding steroid dienone is 1. The molecule has 1 atom stereocenters. The van der Waals surface area contributed by atoms with E-state index in [0.29, 0.717) is 47.3 Å². The lowest BCUT2D eigenvalue weighted by molar-refractivity contribution is -0.118. The summed E-state index contributed by atoms with van der Waals surface area (Å²) in [6.45, 7) is 4.15. The first-order chi connectivity index (χ1) is 13.9. The summed E-state index contributed by atoms with van der Waals surface area (Å²) < 4.78 is 21.3. The van der Waals surface area contributed by atoms with E-state index in [2.05, 4.69) is 34.8 Å². The number of hydrogen-bond acceptors (Lipinski definition) is 9. The van der Waals surface area contributed by atoms with Crippen molar-refractivity contribution in [1.82, 2.24) is 10.3 Å². The fourth-order valence-corrected chi connectivity index (χ4v) is 4.02. The summed E-state index contributed by atoms with van der Waals surface area (Å²) in [5.74, 6) is 2.45. The Morgan fingerprint density at radius 2 is 1.69 bits per heavy atom. The summed E-state index contributed by atoms with van der Waals surface area (Å²) >= 11 is 0. The van der Waals surface area contributed by atoms with Crippen LogP contribution in [0.2, 0.25) is 0 Å². The number of carbonyl (C=O) groups is 1. The van der Waals surface area contributed by atoms with Crippen LogP contribution in [0.15, 0.2) is 28.0 Å². The average Bonchev–Trinajstić information content (AvgIpc) is 3.04. The van der Waals surface area contributed by atoms with Gasteiger partial charge in [-0.25, -0.2) is 4.63 Å². The van der Waals surface area contributed by atoms with Gasteiger partial charge >= 0.3 is 0 Å². The first-order valence-corrected chi connectivity index (χ1v) is 9.29. The third-order valence-corrected chi connectivity index (χ3v) is 5.27. The zero-order valence-corrected chi connectivity index (χ0v) is 17.1. The predicted octanol–water partition coefficient (Wildman–Crippen LogP) is 3.32. The fraction of sp³-hybridized carbons (Fsp3) is 0.450. The molecule has 1 aliphatic carbocycles. The molecule has 0 saturated carbocycles. The lowest BCUT2D eigenvalue weighted by Gasteiger charge is -2.34. The van der Waals surface area contributed by atoms with Crippen LogP contribution < -0.4 is 24.8 Å². The summed E-state index contributed by atoms with van der Waals surface area (Å²) in [5.41, 5.74) is 2.08. The zero-order chi connectivity index (χ0) is 20.8. The van der Waals surface area contributed by atoms with E-state index in [9.17, 15) is 4.79 Å². The van der Waals surface area contributed by atoms with E-state index in [0.717, 1.165) is 11.3 Å². The number of carbonyl (C=O) groups excluding carboxylic acids is 1.